The van der Waals surface area contributed by atoms with Crippen LogP contribution in [0.3, 0.4) is 0 Å². The van der Waals surface area contributed by atoms with Gasteiger partial charge >= 0.3 is 0 Å². The fourth-order valence-electron chi connectivity index (χ4n) is 1.61. The summed E-state index contributed by atoms with van der Waals surface area (Å²) >= 11 is 0. The maximum atomic E-state index is 8.78. The molecule has 0 fully saturated rings. The zero-order chi connectivity index (χ0) is 13.5. The van der Waals surface area contributed by atoms with Crippen LogP contribution in [0, 0.1) is 0 Å². The molecule has 0 aliphatic carbocycles. The number of nitrogens with zero attached hydrogens (tertiary/aromatic N) is 3. The van der Waals surface area contributed by atoms with Crippen LogP contribution in [0.2, 0.25) is 0 Å². The zero-order valence-electron chi connectivity index (χ0n) is 10.8. The van der Waals surface area contributed by atoms with Crippen molar-refractivity contribution in [1.82, 2.24) is 15.0 Å². The highest BCUT2D eigenvalue weighted by molar-refractivity contribution is 5.31. The van der Waals surface area contributed by atoms with Gasteiger partial charge in [-0.3, -0.25) is 0 Å². The molecule has 1 aromatic carbocycles. The van der Waals surface area contributed by atoms with Crippen molar-refractivity contribution < 1.29 is 14.6 Å². The van der Waals surface area contributed by atoms with Crippen LogP contribution in [0.5, 0.6) is 11.5 Å². The van der Waals surface area contributed by atoms with E-state index >= 15 is 0 Å². The van der Waals surface area contributed by atoms with E-state index in [0.717, 1.165) is 17.2 Å². The van der Waals surface area contributed by atoms with Crippen molar-refractivity contribution in [2.24, 2.45) is 0 Å². The lowest BCUT2D eigenvalue weighted by molar-refractivity contribution is 0.289. The van der Waals surface area contributed by atoms with E-state index < -0.39 is 0 Å². The van der Waals surface area contributed by atoms with Crippen LogP contribution in [0.25, 0.3) is 0 Å². The predicted molar refractivity (Wildman–Crippen MR) is 69.3 cm³/mol. The summed E-state index contributed by atoms with van der Waals surface area (Å²) in [7, 11) is 1.63. The van der Waals surface area contributed by atoms with Crippen molar-refractivity contribution in [2.75, 3.05) is 20.3 Å². The number of benzene rings is 1. The molecule has 0 atom stereocenters. The molecule has 1 aromatic heterocycles. The molecule has 0 amide bonds. The molecular formula is C13H17N3O3. The summed E-state index contributed by atoms with van der Waals surface area (Å²) in [6, 6.07) is 7.42. The number of aliphatic hydroxyl groups is 1. The van der Waals surface area contributed by atoms with Gasteiger partial charge in [-0.15, -0.1) is 5.10 Å². The fourth-order valence-corrected chi connectivity index (χ4v) is 1.61. The van der Waals surface area contributed by atoms with Gasteiger partial charge in [0.15, 0.2) is 0 Å². The Hall–Kier alpha value is -2.08. The first-order valence-electron chi connectivity index (χ1n) is 6.08. The number of methoxy groups -OCH3 is 1. The monoisotopic (exact) mass is 263 g/mol. The Morgan fingerprint density at radius 1 is 1.21 bits per heavy atom. The molecule has 102 valence electrons. The Kier molecular flexibility index (Phi) is 4.74. The van der Waals surface area contributed by atoms with E-state index in [4.69, 9.17) is 14.6 Å². The average Bonchev–Trinajstić information content (AvgIpc) is 2.88. The van der Waals surface area contributed by atoms with E-state index in [2.05, 4.69) is 10.3 Å². The number of hydrogen-bond donors (Lipinski definition) is 1. The maximum absolute atomic E-state index is 8.78. The van der Waals surface area contributed by atoms with Crippen molar-refractivity contribution in [2.45, 2.75) is 13.0 Å². The van der Waals surface area contributed by atoms with E-state index in [-0.39, 0.29) is 6.61 Å². The second-order valence-electron chi connectivity index (χ2n) is 3.97. The van der Waals surface area contributed by atoms with E-state index in [1.807, 2.05) is 30.5 Å². The standard InChI is InChI=1S/C13H17N3O3/c1-18-12-2-4-13(5-3-12)19-9-7-16-10-11(6-8-17)14-15-16/h2-5,10,17H,6-9H2,1H3. The van der Waals surface area contributed by atoms with E-state index in [1.165, 1.54) is 0 Å². The van der Waals surface area contributed by atoms with E-state index in [0.29, 0.717) is 19.6 Å². The van der Waals surface area contributed by atoms with Crippen LogP contribution in [-0.2, 0) is 13.0 Å². The number of aliphatic hydroxyl groups excluding tert-OH is 1. The largest absolute Gasteiger partial charge is 0.497 e. The molecule has 19 heavy (non-hydrogen) atoms. The topological polar surface area (TPSA) is 69.4 Å². The Morgan fingerprint density at radius 2 is 1.95 bits per heavy atom. The highest BCUT2D eigenvalue weighted by atomic mass is 16.5. The lowest BCUT2D eigenvalue weighted by Crippen LogP contribution is -2.08. The molecule has 0 radical (unpaired) electrons. The highest BCUT2D eigenvalue weighted by Gasteiger charge is 2.00. The first kappa shape index (κ1) is 13.4. The second-order valence-corrected chi connectivity index (χ2v) is 3.97. The Morgan fingerprint density at radius 3 is 2.63 bits per heavy atom. The van der Waals surface area contributed by atoms with Gasteiger partial charge in [-0.05, 0) is 24.3 Å². The molecule has 6 heteroatoms. The van der Waals surface area contributed by atoms with Crippen molar-refractivity contribution in [1.29, 1.82) is 0 Å². The summed E-state index contributed by atoms with van der Waals surface area (Å²) in [5.41, 5.74) is 0.784. The third kappa shape index (κ3) is 3.96. The number of aromatic nitrogens is 3. The minimum atomic E-state index is 0.0844. The normalized spacial score (nSPS) is 10.4. The molecule has 0 unspecified atom stereocenters. The van der Waals surface area contributed by atoms with Crippen LogP contribution in [-0.4, -0.2) is 40.4 Å². The van der Waals surface area contributed by atoms with Crippen LogP contribution < -0.4 is 9.47 Å². The van der Waals surface area contributed by atoms with Crippen LogP contribution >= 0.6 is 0 Å². The lowest BCUT2D eigenvalue weighted by atomic mass is 10.3. The number of ether oxygens (including phenoxy) is 2. The fraction of sp³-hybridized carbons (Fsp3) is 0.385. The van der Waals surface area contributed by atoms with Gasteiger partial charge in [-0.25, -0.2) is 4.68 Å². The quantitative estimate of drug-likeness (QED) is 0.803. The van der Waals surface area contributed by atoms with E-state index in [9.17, 15) is 0 Å². The first-order chi connectivity index (χ1) is 9.31. The molecule has 2 aromatic rings. The summed E-state index contributed by atoms with van der Waals surface area (Å²) in [5.74, 6) is 1.59. The van der Waals surface area contributed by atoms with Gasteiger partial charge in [0.2, 0.25) is 0 Å². The lowest BCUT2D eigenvalue weighted by Gasteiger charge is -2.06. The third-order valence-electron chi connectivity index (χ3n) is 2.60. The molecule has 0 spiro atoms. The van der Waals surface area contributed by atoms with Crippen LogP contribution in [0.4, 0.5) is 0 Å². The number of rotatable bonds is 7. The summed E-state index contributed by atoms with van der Waals surface area (Å²) in [5, 5.41) is 16.7. The molecular weight excluding hydrogens is 246 g/mol. The highest BCUT2D eigenvalue weighted by Crippen LogP contribution is 2.16. The molecule has 1 heterocycles. The average molecular weight is 263 g/mol. The predicted octanol–water partition coefficient (Wildman–Crippen LogP) is 0.900. The SMILES string of the molecule is COc1ccc(OCCn2cc(CCO)nn2)cc1. The molecule has 0 aliphatic rings. The summed E-state index contributed by atoms with van der Waals surface area (Å²) in [4.78, 5) is 0. The van der Waals surface area contributed by atoms with Gasteiger partial charge in [0, 0.05) is 19.2 Å². The number of hydrogen-bond acceptors (Lipinski definition) is 5. The molecule has 6 nitrogen and oxygen atoms in total. The third-order valence-corrected chi connectivity index (χ3v) is 2.60. The molecule has 0 saturated heterocycles. The molecule has 0 bridgehead atoms. The Bertz CT molecular complexity index is 496. The second kappa shape index (κ2) is 6.75. The molecule has 0 aliphatic heterocycles. The van der Waals surface area contributed by atoms with Gasteiger partial charge in [-0.2, -0.15) is 0 Å². The van der Waals surface area contributed by atoms with Gasteiger partial charge < -0.3 is 14.6 Å². The van der Waals surface area contributed by atoms with Crippen molar-refractivity contribution in [3.8, 4) is 11.5 Å². The van der Waals surface area contributed by atoms with Crippen molar-refractivity contribution in [3.63, 3.8) is 0 Å². The van der Waals surface area contributed by atoms with Gasteiger partial charge in [0.1, 0.15) is 18.1 Å². The minimum absolute atomic E-state index is 0.0844. The van der Waals surface area contributed by atoms with Gasteiger partial charge in [0.05, 0.1) is 19.3 Å². The first-order valence-corrected chi connectivity index (χ1v) is 6.08. The smallest absolute Gasteiger partial charge is 0.119 e. The zero-order valence-corrected chi connectivity index (χ0v) is 10.8. The van der Waals surface area contributed by atoms with Crippen molar-refractivity contribution in [3.05, 3.63) is 36.2 Å². The molecule has 1 N–H and O–H groups in total. The Balaban J connectivity index is 1.78. The summed E-state index contributed by atoms with van der Waals surface area (Å²) in [6.07, 6.45) is 2.34. The summed E-state index contributed by atoms with van der Waals surface area (Å²) < 4.78 is 12.4. The Labute approximate surface area is 111 Å². The van der Waals surface area contributed by atoms with E-state index in [1.54, 1.807) is 11.8 Å². The molecule has 0 saturated carbocycles. The van der Waals surface area contributed by atoms with Gasteiger partial charge in [0.25, 0.3) is 0 Å². The van der Waals surface area contributed by atoms with Crippen LogP contribution in [0.15, 0.2) is 30.5 Å². The van der Waals surface area contributed by atoms with Crippen molar-refractivity contribution >= 4 is 0 Å². The van der Waals surface area contributed by atoms with Crippen LogP contribution in [0.1, 0.15) is 5.69 Å². The molecule has 2 rings (SSSR count). The summed E-state index contributed by atoms with van der Waals surface area (Å²) in [6.45, 7) is 1.21. The van der Waals surface area contributed by atoms with Gasteiger partial charge in [-0.1, -0.05) is 5.21 Å². The minimum Gasteiger partial charge on any atom is -0.497 e. The maximum Gasteiger partial charge on any atom is 0.119 e.